The van der Waals surface area contributed by atoms with Crippen LogP contribution < -0.4 is 0 Å². The summed E-state index contributed by atoms with van der Waals surface area (Å²) in [4.78, 5) is 44.1. The Morgan fingerprint density at radius 1 is 0.658 bits per heavy atom. The number of carbonyl (C=O) groups excluding carboxylic acids is 3. The molecule has 7 nitrogen and oxygen atoms in total. The van der Waals surface area contributed by atoms with Gasteiger partial charge in [0.05, 0.1) is 0 Å². The molecule has 0 spiro atoms. The largest absolute Gasteiger partial charge is 0.351 e. The van der Waals surface area contributed by atoms with Crippen molar-refractivity contribution in [3.63, 3.8) is 0 Å². The first kappa shape index (κ1) is 24.5. The van der Waals surface area contributed by atoms with Crippen LogP contribution in [0.5, 0.6) is 0 Å². The fourth-order valence-electron chi connectivity index (χ4n) is 6.28. The van der Waals surface area contributed by atoms with Crippen molar-refractivity contribution in [2.24, 2.45) is 25.9 Å². The molecule has 2 aromatic carbocycles. The predicted octanol–water partition coefficient (Wildman–Crippen LogP) is 4.64. The Kier molecular flexibility index (Phi) is 6.30. The van der Waals surface area contributed by atoms with Gasteiger partial charge in [0, 0.05) is 86.7 Å². The smallest absolute Gasteiger partial charge is 0.253 e. The molecule has 6 rings (SSSR count). The van der Waals surface area contributed by atoms with Crippen LogP contribution in [0.1, 0.15) is 46.4 Å². The van der Waals surface area contributed by atoms with Crippen molar-refractivity contribution >= 4 is 39.4 Å². The second kappa shape index (κ2) is 9.78. The number of ketones is 1. The summed E-state index contributed by atoms with van der Waals surface area (Å²) in [5, 5.41) is 2.21. The lowest BCUT2D eigenvalue weighted by Gasteiger charge is -2.37. The number of hydrogen-bond acceptors (Lipinski definition) is 3. The van der Waals surface area contributed by atoms with Gasteiger partial charge in [0.15, 0.2) is 0 Å². The number of aromatic nitrogens is 2. The number of piperidine rings is 2. The topological polar surface area (TPSA) is 67.6 Å². The van der Waals surface area contributed by atoms with Gasteiger partial charge in [-0.25, -0.2) is 0 Å². The fourth-order valence-corrected chi connectivity index (χ4v) is 6.28. The van der Waals surface area contributed by atoms with Crippen LogP contribution in [0.25, 0.3) is 21.8 Å². The first-order valence-corrected chi connectivity index (χ1v) is 13.6. The Balaban J connectivity index is 1.13. The Labute approximate surface area is 222 Å². The quantitative estimate of drug-likeness (QED) is 0.402. The molecular formula is C31H34N4O3. The van der Waals surface area contributed by atoms with Crippen molar-refractivity contribution in [1.29, 1.82) is 0 Å². The van der Waals surface area contributed by atoms with E-state index in [1.54, 1.807) is 0 Å². The average molecular weight is 511 g/mol. The molecule has 2 unspecified atom stereocenters. The molecule has 0 radical (unpaired) electrons. The van der Waals surface area contributed by atoms with E-state index >= 15 is 0 Å². The SMILES string of the molecule is Cn1ccc2ccc(C(=O)N3CCCC(C(=O)C4CCCN(C(=O)c5ccc6ccn(C)c6c5)C4)C3)cc21. The number of fused-ring (bicyclic) bond motifs is 2. The molecule has 2 fully saturated rings. The highest BCUT2D eigenvalue weighted by Crippen LogP contribution is 2.28. The lowest BCUT2D eigenvalue weighted by molar-refractivity contribution is -0.129. The van der Waals surface area contributed by atoms with Crippen LogP contribution in [0, 0.1) is 11.8 Å². The third-order valence-electron chi connectivity index (χ3n) is 8.49. The Bertz CT molecular complexity index is 1430. The summed E-state index contributed by atoms with van der Waals surface area (Å²) in [6.07, 6.45) is 7.22. The van der Waals surface area contributed by atoms with Gasteiger partial charge in [-0.2, -0.15) is 0 Å². The van der Waals surface area contributed by atoms with Crippen LogP contribution in [0.15, 0.2) is 60.9 Å². The zero-order valence-corrected chi connectivity index (χ0v) is 22.1. The maximum Gasteiger partial charge on any atom is 0.253 e. The van der Waals surface area contributed by atoms with Crippen LogP contribution in [0.3, 0.4) is 0 Å². The highest BCUT2D eigenvalue weighted by Gasteiger charge is 2.36. The Hall–Kier alpha value is -3.87. The summed E-state index contributed by atoms with van der Waals surface area (Å²) in [7, 11) is 3.95. The minimum Gasteiger partial charge on any atom is -0.351 e. The molecule has 7 heteroatoms. The molecule has 38 heavy (non-hydrogen) atoms. The Morgan fingerprint density at radius 2 is 1.11 bits per heavy atom. The summed E-state index contributed by atoms with van der Waals surface area (Å²) >= 11 is 0. The van der Waals surface area contributed by atoms with Crippen molar-refractivity contribution in [2.75, 3.05) is 26.2 Å². The molecule has 196 valence electrons. The number of benzene rings is 2. The molecular weight excluding hydrogens is 476 g/mol. The summed E-state index contributed by atoms with van der Waals surface area (Å²) in [5.74, 6) is -0.169. The number of Topliss-reactive ketones (excluding diaryl/α,β-unsaturated/α-hetero) is 1. The predicted molar refractivity (Wildman–Crippen MR) is 148 cm³/mol. The Morgan fingerprint density at radius 3 is 1.55 bits per heavy atom. The molecule has 0 bridgehead atoms. The van der Waals surface area contributed by atoms with Crippen LogP contribution in [-0.4, -0.2) is 62.7 Å². The molecule has 2 aliphatic rings. The summed E-state index contributed by atoms with van der Waals surface area (Å²) in [6.45, 7) is 2.25. The molecule has 0 saturated carbocycles. The molecule has 0 N–H and O–H groups in total. The second-order valence-electron chi connectivity index (χ2n) is 11.0. The van der Waals surface area contributed by atoms with Crippen molar-refractivity contribution in [3.05, 3.63) is 72.1 Å². The molecule has 2 aromatic heterocycles. The van der Waals surface area contributed by atoms with E-state index in [4.69, 9.17) is 0 Å². The van der Waals surface area contributed by atoms with E-state index in [-0.39, 0.29) is 29.4 Å². The number of hydrogen-bond donors (Lipinski definition) is 0. The minimum atomic E-state index is -0.175. The zero-order chi connectivity index (χ0) is 26.4. The third kappa shape index (κ3) is 4.40. The van der Waals surface area contributed by atoms with Crippen molar-refractivity contribution in [1.82, 2.24) is 18.9 Å². The van der Waals surface area contributed by atoms with E-state index in [2.05, 4.69) is 0 Å². The molecule has 4 heterocycles. The van der Waals surface area contributed by atoms with E-state index in [0.717, 1.165) is 47.5 Å². The number of rotatable bonds is 4. The van der Waals surface area contributed by atoms with Gasteiger partial charge in [0.2, 0.25) is 0 Å². The first-order chi connectivity index (χ1) is 18.4. The lowest BCUT2D eigenvalue weighted by Crippen LogP contribution is -2.47. The fraction of sp³-hybridized carbons (Fsp3) is 0.387. The molecule has 4 aromatic rings. The molecule has 0 aliphatic carbocycles. The van der Waals surface area contributed by atoms with Gasteiger partial charge in [0.1, 0.15) is 5.78 Å². The summed E-state index contributed by atoms with van der Waals surface area (Å²) in [6, 6.07) is 15.7. The van der Waals surface area contributed by atoms with Gasteiger partial charge in [-0.3, -0.25) is 14.4 Å². The van der Waals surface area contributed by atoms with Crippen LogP contribution in [0.4, 0.5) is 0 Å². The third-order valence-corrected chi connectivity index (χ3v) is 8.49. The van der Waals surface area contributed by atoms with Crippen molar-refractivity contribution in [2.45, 2.75) is 25.7 Å². The van der Waals surface area contributed by atoms with Crippen molar-refractivity contribution in [3.8, 4) is 0 Å². The average Bonchev–Trinajstić information content (AvgIpc) is 3.53. The molecule has 2 saturated heterocycles. The van der Waals surface area contributed by atoms with Gasteiger partial charge < -0.3 is 18.9 Å². The molecule has 2 amide bonds. The number of amides is 2. The van der Waals surface area contributed by atoms with Gasteiger partial charge >= 0.3 is 0 Å². The van der Waals surface area contributed by atoms with E-state index in [1.165, 1.54) is 0 Å². The van der Waals surface area contributed by atoms with E-state index < -0.39 is 0 Å². The maximum atomic E-state index is 13.6. The van der Waals surface area contributed by atoms with Crippen LogP contribution in [-0.2, 0) is 18.9 Å². The highest BCUT2D eigenvalue weighted by molar-refractivity contribution is 5.99. The number of carbonyl (C=O) groups is 3. The summed E-state index contributed by atoms with van der Waals surface area (Å²) < 4.78 is 4.03. The standard InChI is InChI=1S/C31H34N4O3/c1-32-15-11-21-7-9-23(17-27(21)32)30(37)34-13-3-5-25(19-34)29(36)26-6-4-14-35(20-26)31(38)24-10-8-22-12-16-33(2)28(22)18-24/h7-12,15-18,25-26H,3-6,13-14,19-20H2,1-2H3. The van der Waals surface area contributed by atoms with Crippen LogP contribution in [0.2, 0.25) is 0 Å². The second-order valence-corrected chi connectivity index (χ2v) is 11.0. The first-order valence-electron chi connectivity index (χ1n) is 13.6. The van der Waals surface area contributed by atoms with Gasteiger partial charge in [-0.15, -0.1) is 0 Å². The normalized spacial score (nSPS) is 20.3. The van der Waals surface area contributed by atoms with Crippen LogP contribution >= 0.6 is 0 Å². The van der Waals surface area contributed by atoms with E-state index in [1.807, 2.05) is 94.0 Å². The lowest BCUT2D eigenvalue weighted by atomic mass is 9.82. The van der Waals surface area contributed by atoms with Gasteiger partial charge in [-0.1, -0.05) is 12.1 Å². The minimum absolute atomic E-state index is 0.0119. The number of nitrogens with zero attached hydrogens (tertiary/aromatic N) is 4. The summed E-state index contributed by atoms with van der Waals surface area (Å²) in [5.41, 5.74) is 3.38. The molecule has 2 atom stereocenters. The highest BCUT2D eigenvalue weighted by atomic mass is 16.2. The van der Waals surface area contributed by atoms with Gasteiger partial charge in [-0.05, 0) is 72.9 Å². The maximum absolute atomic E-state index is 13.6. The van der Waals surface area contributed by atoms with Crippen molar-refractivity contribution < 1.29 is 14.4 Å². The number of likely N-dealkylation sites (tertiary alicyclic amines) is 2. The number of aryl methyl sites for hydroxylation is 2. The molecule has 2 aliphatic heterocycles. The monoisotopic (exact) mass is 510 g/mol. The zero-order valence-electron chi connectivity index (χ0n) is 22.1. The van der Waals surface area contributed by atoms with Gasteiger partial charge in [0.25, 0.3) is 11.8 Å². The van der Waals surface area contributed by atoms with E-state index in [9.17, 15) is 14.4 Å². The van der Waals surface area contributed by atoms with E-state index in [0.29, 0.717) is 37.3 Å².